The first-order valence-electron chi connectivity index (χ1n) is 9.61. The summed E-state index contributed by atoms with van der Waals surface area (Å²) in [5, 5.41) is 7.68. The number of aromatic nitrogens is 2. The number of carboxylic acids is 1. The van der Waals surface area contributed by atoms with Gasteiger partial charge in [-0.15, -0.1) is 0 Å². The number of alkyl halides is 5. The van der Waals surface area contributed by atoms with E-state index < -0.39 is 28.6 Å². The minimum absolute atomic E-state index is 0.165. The van der Waals surface area contributed by atoms with Crippen molar-refractivity contribution in [3.8, 4) is 11.1 Å². The predicted molar refractivity (Wildman–Crippen MR) is 114 cm³/mol. The van der Waals surface area contributed by atoms with Crippen molar-refractivity contribution < 1.29 is 40.3 Å². The monoisotopic (exact) mass is 508 g/mol. The van der Waals surface area contributed by atoms with Gasteiger partial charge in [-0.25, -0.2) is 31.3 Å². The highest BCUT2D eigenvalue weighted by atomic mass is 32.2. The van der Waals surface area contributed by atoms with Gasteiger partial charge in [0.1, 0.15) is 5.65 Å². The molecule has 0 saturated heterocycles. The van der Waals surface area contributed by atoms with Crippen LogP contribution < -0.4 is 5.73 Å². The smallest absolute Gasteiger partial charge is 0.475 e. The minimum Gasteiger partial charge on any atom is -0.475 e. The molecule has 3 aromatic rings. The Balaban J connectivity index is 0.000000509. The average molecular weight is 508 g/mol. The van der Waals surface area contributed by atoms with Crippen molar-refractivity contribution in [1.82, 2.24) is 14.3 Å². The van der Waals surface area contributed by atoms with Gasteiger partial charge in [-0.1, -0.05) is 12.1 Å². The van der Waals surface area contributed by atoms with Gasteiger partial charge < -0.3 is 15.8 Å². The zero-order valence-corrected chi connectivity index (χ0v) is 18.5. The fraction of sp³-hybridized carbons (Fsp3) is 0.300. The third kappa shape index (κ3) is 6.48. The lowest BCUT2D eigenvalue weighted by Crippen LogP contribution is -2.29. The molecule has 186 valence electrons. The maximum atomic E-state index is 12.9. The first-order valence-corrected chi connectivity index (χ1v) is 11.1. The zero-order chi connectivity index (χ0) is 25.7. The van der Waals surface area contributed by atoms with Crippen LogP contribution in [0.2, 0.25) is 0 Å². The molecule has 0 spiro atoms. The van der Waals surface area contributed by atoms with Crippen molar-refractivity contribution in [2.45, 2.75) is 23.9 Å². The van der Waals surface area contributed by atoms with E-state index in [1.54, 1.807) is 18.2 Å². The third-order valence-electron chi connectivity index (χ3n) is 4.58. The van der Waals surface area contributed by atoms with Crippen LogP contribution in [0.25, 0.3) is 22.2 Å². The van der Waals surface area contributed by atoms with E-state index in [9.17, 15) is 30.4 Å². The summed E-state index contributed by atoms with van der Waals surface area (Å²) in [6.45, 7) is 0.749. The number of fused-ring (bicyclic) bond motifs is 1. The van der Waals surface area contributed by atoms with Gasteiger partial charge in [0.05, 0.1) is 10.6 Å². The maximum Gasteiger partial charge on any atom is 0.490 e. The fourth-order valence-electron chi connectivity index (χ4n) is 2.84. The molecule has 0 aliphatic heterocycles. The van der Waals surface area contributed by atoms with Crippen molar-refractivity contribution in [3.05, 3.63) is 48.3 Å². The molecular formula is C20H21F5N4O4S. The highest BCUT2D eigenvalue weighted by Gasteiger charge is 2.38. The standard InChI is InChI=1S/C18H20F2N4O2S.C2HF3O2/c1-24(10-2-8-21)27(25,26)13-5-3-12(4-6-13)14-7-9-22-18-15(14)11-16(23-18)17(19)20;3-2(4,5)1(6)7/h3-7,9,11,17H,2,8,10,21H2,1H3,(H,22,23);(H,6,7). The van der Waals surface area contributed by atoms with E-state index >= 15 is 0 Å². The van der Waals surface area contributed by atoms with Crippen molar-refractivity contribution >= 4 is 27.0 Å². The largest absolute Gasteiger partial charge is 0.490 e. The number of nitrogens with one attached hydrogen (secondary N) is 1. The molecule has 14 heteroatoms. The quantitative estimate of drug-likeness (QED) is 0.417. The molecule has 0 bridgehead atoms. The number of rotatable bonds is 7. The molecule has 0 fully saturated rings. The first-order chi connectivity index (χ1) is 15.8. The van der Waals surface area contributed by atoms with Crippen LogP contribution in [0.4, 0.5) is 22.0 Å². The molecule has 8 nitrogen and oxygen atoms in total. The summed E-state index contributed by atoms with van der Waals surface area (Å²) < 4.78 is 84.0. The van der Waals surface area contributed by atoms with Crippen LogP contribution in [0.1, 0.15) is 18.5 Å². The number of carboxylic acid groups (broad SMARTS) is 1. The fourth-order valence-corrected chi connectivity index (χ4v) is 4.05. The van der Waals surface area contributed by atoms with Crippen LogP contribution in [-0.4, -0.2) is 60.1 Å². The zero-order valence-electron chi connectivity index (χ0n) is 17.7. The number of hydrogen-bond acceptors (Lipinski definition) is 5. The van der Waals surface area contributed by atoms with Crippen LogP contribution in [-0.2, 0) is 14.8 Å². The Morgan fingerprint density at radius 1 is 1.21 bits per heavy atom. The SMILES string of the molecule is CN(CCCN)S(=O)(=O)c1ccc(-c2ccnc3[nH]c(C(F)F)cc23)cc1.O=C(O)C(F)(F)F. The Bertz CT molecular complexity index is 1230. The molecule has 0 aliphatic rings. The van der Waals surface area contributed by atoms with Crippen LogP contribution in [0, 0.1) is 0 Å². The summed E-state index contributed by atoms with van der Waals surface area (Å²) in [6.07, 6.45) is -5.61. The van der Waals surface area contributed by atoms with Crippen LogP contribution in [0.15, 0.2) is 47.5 Å². The molecule has 34 heavy (non-hydrogen) atoms. The van der Waals surface area contributed by atoms with Crippen molar-refractivity contribution in [2.24, 2.45) is 5.73 Å². The number of aliphatic carboxylic acids is 1. The number of halogens is 5. The average Bonchev–Trinajstić information content (AvgIpc) is 3.22. The van der Waals surface area contributed by atoms with Gasteiger partial charge in [0.15, 0.2) is 0 Å². The third-order valence-corrected chi connectivity index (χ3v) is 6.45. The molecule has 2 aromatic heterocycles. The number of hydrogen-bond donors (Lipinski definition) is 3. The second kappa shape index (κ2) is 10.9. The lowest BCUT2D eigenvalue weighted by Gasteiger charge is -2.17. The van der Waals surface area contributed by atoms with Gasteiger partial charge in [0, 0.05) is 25.2 Å². The van der Waals surface area contributed by atoms with E-state index in [-0.39, 0.29) is 10.6 Å². The van der Waals surface area contributed by atoms with Crippen molar-refractivity contribution in [2.75, 3.05) is 20.1 Å². The second-order valence-corrected chi connectivity index (χ2v) is 8.99. The Morgan fingerprint density at radius 3 is 2.29 bits per heavy atom. The lowest BCUT2D eigenvalue weighted by molar-refractivity contribution is -0.192. The summed E-state index contributed by atoms with van der Waals surface area (Å²) in [6, 6.07) is 9.42. The van der Waals surface area contributed by atoms with Gasteiger partial charge in [0.25, 0.3) is 6.43 Å². The number of aromatic amines is 1. The lowest BCUT2D eigenvalue weighted by atomic mass is 10.0. The minimum atomic E-state index is -5.08. The highest BCUT2D eigenvalue weighted by molar-refractivity contribution is 7.89. The molecule has 4 N–H and O–H groups in total. The van der Waals surface area contributed by atoms with Gasteiger partial charge in [0.2, 0.25) is 10.0 Å². The molecule has 0 aliphatic carbocycles. The molecule has 0 unspecified atom stereocenters. The molecular weight excluding hydrogens is 487 g/mol. The topological polar surface area (TPSA) is 129 Å². The molecule has 3 rings (SSSR count). The van der Waals surface area contributed by atoms with E-state index in [2.05, 4.69) is 9.97 Å². The molecule has 0 radical (unpaired) electrons. The van der Waals surface area contributed by atoms with Crippen LogP contribution in [0.5, 0.6) is 0 Å². The second-order valence-electron chi connectivity index (χ2n) is 6.94. The van der Waals surface area contributed by atoms with Gasteiger partial charge >= 0.3 is 12.1 Å². The highest BCUT2D eigenvalue weighted by Crippen LogP contribution is 2.31. The Hall–Kier alpha value is -3.10. The molecule has 1 aromatic carbocycles. The van der Waals surface area contributed by atoms with Crippen molar-refractivity contribution in [1.29, 1.82) is 0 Å². The molecule has 0 atom stereocenters. The summed E-state index contributed by atoms with van der Waals surface area (Å²) in [4.78, 5) is 15.7. The Morgan fingerprint density at radius 2 is 1.79 bits per heavy atom. The summed E-state index contributed by atoms with van der Waals surface area (Å²) in [5.74, 6) is -2.76. The van der Waals surface area contributed by atoms with E-state index in [0.717, 1.165) is 0 Å². The number of pyridine rings is 1. The predicted octanol–water partition coefficient (Wildman–Crippen LogP) is 3.77. The van der Waals surface area contributed by atoms with Crippen LogP contribution >= 0.6 is 0 Å². The molecule has 2 heterocycles. The summed E-state index contributed by atoms with van der Waals surface area (Å²) in [7, 11) is -2.09. The number of carbonyl (C=O) groups is 1. The van der Waals surface area contributed by atoms with E-state index in [1.165, 1.54) is 35.7 Å². The normalized spacial score (nSPS) is 12.1. The summed E-state index contributed by atoms with van der Waals surface area (Å²) >= 11 is 0. The number of benzene rings is 1. The maximum absolute atomic E-state index is 12.9. The Kier molecular flexibility index (Phi) is 8.69. The number of nitrogens with zero attached hydrogens (tertiary/aromatic N) is 2. The number of nitrogens with two attached hydrogens (primary N) is 1. The van der Waals surface area contributed by atoms with Crippen LogP contribution in [0.3, 0.4) is 0 Å². The van der Waals surface area contributed by atoms with Gasteiger partial charge in [-0.3, -0.25) is 0 Å². The molecule has 0 saturated carbocycles. The summed E-state index contributed by atoms with van der Waals surface area (Å²) in [5.41, 5.74) is 7.00. The van der Waals surface area contributed by atoms with E-state index in [1.807, 2.05) is 0 Å². The van der Waals surface area contributed by atoms with E-state index in [4.69, 9.17) is 15.6 Å². The molecule has 0 amide bonds. The Labute approximate surface area is 191 Å². The number of H-pyrrole nitrogens is 1. The van der Waals surface area contributed by atoms with Crippen molar-refractivity contribution in [3.63, 3.8) is 0 Å². The number of sulfonamides is 1. The van der Waals surface area contributed by atoms with E-state index in [0.29, 0.717) is 41.7 Å². The van der Waals surface area contributed by atoms with Gasteiger partial charge in [-0.05, 0) is 48.4 Å². The first kappa shape index (κ1) is 27.1. The van der Waals surface area contributed by atoms with Gasteiger partial charge in [-0.2, -0.15) is 13.2 Å².